The molecule has 0 aromatic heterocycles. The van der Waals surface area contributed by atoms with Gasteiger partial charge in [-0.1, -0.05) is 6.92 Å². The van der Waals surface area contributed by atoms with Gasteiger partial charge in [0, 0.05) is 31.7 Å². The molecule has 2 aliphatic rings. The summed E-state index contributed by atoms with van der Waals surface area (Å²) < 4.78 is 0. The SMILES string of the molecule is CC1CC(CN2CC(C)NCC2C)C1. The molecule has 0 bridgehead atoms. The third kappa shape index (κ3) is 2.29. The number of nitrogens with one attached hydrogen (secondary N) is 1. The van der Waals surface area contributed by atoms with Crippen molar-refractivity contribution in [1.82, 2.24) is 10.2 Å². The maximum Gasteiger partial charge on any atom is 0.0193 e. The van der Waals surface area contributed by atoms with E-state index in [0.29, 0.717) is 6.04 Å². The molecule has 0 aromatic carbocycles. The third-order valence-corrected chi connectivity index (χ3v) is 3.86. The fourth-order valence-electron chi connectivity index (χ4n) is 2.90. The molecule has 0 amide bonds. The van der Waals surface area contributed by atoms with Crippen molar-refractivity contribution in [3.05, 3.63) is 0 Å². The summed E-state index contributed by atoms with van der Waals surface area (Å²) in [6.45, 7) is 10.8. The summed E-state index contributed by atoms with van der Waals surface area (Å²) in [6.07, 6.45) is 2.93. The van der Waals surface area contributed by atoms with Gasteiger partial charge in [-0.05, 0) is 38.5 Å². The Kier molecular flexibility index (Phi) is 3.13. The number of hydrogen-bond donors (Lipinski definition) is 1. The van der Waals surface area contributed by atoms with Crippen LogP contribution in [-0.2, 0) is 0 Å². The molecule has 2 nitrogen and oxygen atoms in total. The van der Waals surface area contributed by atoms with E-state index in [1.165, 1.54) is 32.5 Å². The molecule has 1 saturated carbocycles. The molecular weight excluding hydrogens is 172 g/mol. The lowest BCUT2D eigenvalue weighted by molar-refractivity contribution is 0.0802. The van der Waals surface area contributed by atoms with Gasteiger partial charge in [0.2, 0.25) is 0 Å². The van der Waals surface area contributed by atoms with Crippen molar-refractivity contribution in [1.29, 1.82) is 0 Å². The molecule has 2 fully saturated rings. The van der Waals surface area contributed by atoms with Crippen molar-refractivity contribution in [2.24, 2.45) is 11.8 Å². The Morgan fingerprint density at radius 3 is 2.57 bits per heavy atom. The van der Waals surface area contributed by atoms with Crippen LogP contribution in [0, 0.1) is 11.8 Å². The highest BCUT2D eigenvalue weighted by Gasteiger charge is 2.30. The van der Waals surface area contributed by atoms with Gasteiger partial charge < -0.3 is 5.32 Å². The molecule has 1 saturated heterocycles. The molecule has 1 N–H and O–H groups in total. The molecule has 0 aromatic rings. The fourth-order valence-corrected chi connectivity index (χ4v) is 2.90. The number of hydrogen-bond acceptors (Lipinski definition) is 2. The van der Waals surface area contributed by atoms with E-state index in [-0.39, 0.29) is 0 Å². The molecule has 1 heterocycles. The van der Waals surface area contributed by atoms with Crippen LogP contribution in [0.3, 0.4) is 0 Å². The molecule has 1 aliphatic carbocycles. The van der Waals surface area contributed by atoms with Crippen LogP contribution in [0.15, 0.2) is 0 Å². The Hall–Kier alpha value is -0.0800. The maximum atomic E-state index is 3.54. The minimum absolute atomic E-state index is 0.684. The van der Waals surface area contributed by atoms with E-state index in [9.17, 15) is 0 Å². The van der Waals surface area contributed by atoms with Gasteiger partial charge in [-0.25, -0.2) is 0 Å². The Labute approximate surface area is 88.1 Å². The van der Waals surface area contributed by atoms with Gasteiger partial charge in [-0.2, -0.15) is 0 Å². The van der Waals surface area contributed by atoms with Gasteiger partial charge in [0.15, 0.2) is 0 Å². The Balaban J connectivity index is 1.77. The first-order valence-electron chi connectivity index (χ1n) is 6.12. The standard InChI is InChI=1S/C12H24N2/c1-9-4-12(5-9)8-14-7-10(2)13-6-11(14)3/h9-13H,4-8H2,1-3H3. The highest BCUT2D eigenvalue weighted by atomic mass is 15.2. The van der Waals surface area contributed by atoms with Crippen LogP contribution in [-0.4, -0.2) is 36.6 Å². The molecule has 2 rings (SSSR count). The van der Waals surface area contributed by atoms with Crippen molar-refractivity contribution in [2.45, 2.75) is 45.7 Å². The van der Waals surface area contributed by atoms with Crippen molar-refractivity contribution in [2.75, 3.05) is 19.6 Å². The summed E-state index contributed by atoms with van der Waals surface area (Å²) >= 11 is 0. The Morgan fingerprint density at radius 1 is 1.21 bits per heavy atom. The summed E-state index contributed by atoms with van der Waals surface area (Å²) in [5.41, 5.74) is 0. The van der Waals surface area contributed by atoms with Crippen LogP contribution >= 0.6 is 0 Å². The predicted octanol–water partition coefficient (Wildman–Crippen LogP) is 1.71. The van der Waals surface area contributed by atoms with Crippen LogP contribution in [0.5, 0.6) is 0 Å². The van der Waals surface area contributed by atoms with Crippen molar-refractivity contribution in [3.8, 4) is 0 Å². The van der Waals surface area contributed by atoms with Crippen LogP contribution in [0.4, 0.5) is 0 Å². The van der Waals surface area contributed by atoms with E-state index in [4.69, 9.17) is 0 Å². The summed E-state index contributed by atoms with van der Waals surface area (Å²) in [4.78, 5) is 2.68. The first-order valence-corrected chi connectivity index (χ1v) is 6.12. The third-order valence-electron chi connectivity index (χ3n) is 3.86. The monoisotopic (exact) mass is 196 g/mol. The summed E-state index contributed by atoms with van der Waals surface area (Å²) in [5, 5.41) is 3.54. The largest absolute Gasteiger partial charge is 0.311 e. The molecule has 0 spiro atoms. The van der Waals surface area contributed by atoms with Crippen molar-refractivity contribution >= 4 is 0 Å². The second kappa shape index (κ2) is 4.19. The molecular formula is C12H24N2. The van der Waals surface area contributed by atoms with E-state index in [1.807, 2.05) is 0 Å². The fraction of sp³-hybridized carbons (Fsp3) is 1.00. The minimum atomic E-state index is 0.684. The van der Waals surface area contributed by atoms with Gasteiger partial charge in [0.05, 0.1) is 0 Å². The minimum Gasteiger partial charge on any atom is -0.311 e. The second-order valence-electron chi connectivity index (χ2n) is 5.55. The Bertz CT molecular complexity index is 187. The first kappa shape index (κ1) is 10.4. The zero-order valence-corrected chi connectivity index (χ0v) is 9.79. The smallest absolute Gasteiger partial charge is 0.0193 e. The van der Waals surface area contributed by atoms with Gasteiger partial charge >= 0.3 is 0 Å². The maximum absolute atomic E-state index is 3.54. The van der Waals surface area contributed by atoms with Gasteiger partial charge in [0.1, 0.15) is 0 Å². The highest BCUT2D eigenvalue weighted by Crippen LogP contribution is 2.34. The lowest BCUT2D eigenvalue weighted by Crippen LogP contribution is -2.56. The summed E-state index contributed by atoms with van der Waals surface area (Å²) in [7, 11) is 0. The molecule has 14 heavy (non-hydrogen) atoms. The van der Waals surface area contributed by atoms with Crippen LogP contribution in [0.1, 0.15) is 33.6 Å². The van der Waals surface area contributed by atoms with E-state index in [2.05, 4.69) is 31.0 Å². The van der Waals surface area contributed by atoms with Crippen molar-refractivity contribution < 1.29 is 0 Å². The Morgan fingerprint density at radius 2 is 1.93 bits per heavy atom. The second-order valence-corrected chi connectivity index (χ2v) is 5.55. The number of nitrogens with zero attached hydrogens (tertiary/aromatic N) is 1. The number of rotatable bonds is 2. The number of piperazine rings is 1. The highest BCUT2D eigenvalue weighted by molar-refractivity contribution is 4.86. The molecule has 82 valence electrons. The zero-order valence-electron chi connectivity index (χ0n) is 9.79. The quantitative estimate of drug-likeness (QED) is 0.723. The summed E-state index contributed by atoms with van der Waals surface area (Å²) in [6, 6.07) is 1.42. The van der Waals surface area contributed by atoms with E-state index < -0.39 is 0 Å². The zero-order chi connectivity index (χ0) is 10.1. The van der Waals surface area contributed by atoms with Gasteiger partial charge in [-0.3, -0.25) is 4.90 Å². The van der Waals surface area contributed by atoms with E-state index in [0.717, 1.165) is 17.9 Å². The molecule has 2 heteroatoms. The van der Waals surface area contributed by atoms with Gasteiger partial charge in [0.25, 0.3) is 0 Å². The van der Waals surface area contributed by atoms with Crippen molar-refractivity contribution in [3.63, 3.8) is 0 Å². The van der Waals surface area contributed by atoms with Crippen LogP contribution in [0.2, 0.25) is 0 Å². The molecule has 2 atom stereocenters. The average molecular weight is 196 g/mol. The molecule has 2 unspecified atom stereocenters. The van der Waals surface area contributed by atoms with E-state index >= 15 is 0 Å². The predicted molar refractivity (Wildman–Crippen MR) is 60.4 cm³/mol. The summed E-state index contributed by atoms with van der Waals surface area (Å²) in [5.74, 6) is 1.99. The lowest BCUT2D eigenvalue weighted by atomic mass is 9.75. The van der Waals surface area contributed by atoms with E-state index in [1.54, 1.807) is 0 Å². The topological polar surface area (TPSA) is 15.3 Å². The normalized spacial score (nSPS) is 44.8. The van der Waals surface area contributed by atoms with Crippen LogP contribution in [0.25, 0.3) is 0 Å². The first-order chi connectivity index (χ1) is 6.65. The average Bonchev–Trinajstić information content (AvgIpc) is 2.09. The lowest BCUT2D eigenvalue weighted by Gasteiger charge is -2.43. The van der Waals surface area contributed by atoms with Gasteiger partial charge in [-0.15, -0.1) is 0 Å². The molecule has 0 radical (unpaired) electrons. The van der Waals surface area contributed by atoms with Crippen LogP contribution < -0.4 is 5.32 Å². The molecule has 1 aliphatic heterocycles.